The second-order valence-corrected chi connectivity index (χ2v) is 8.21. The highest BCUT2D eigenvalue weighted by molar-refractivity contribution is 5.42. The molecule has 166 valence electrons. The van der Waals surface area contributed by atoms with Crippen LogP contribution in [0.4, 0.5) is 5.69 Å². The average Bonchev–Trinajstić information content (AvgIpc) is 2.75. The molecule has 0 radical (unpaired) electrons. The van der Waals surface area contributed by atoms with Gasteiger partial charge < -0.3 is 0 Å². The maximum absolute atomic E-state index is 10.7. The summed E-state index contributed by atoms with van der Waals surface area (Å²) in [4.78, 5) is 15.1. The van der Waals surface area contributed by atoms with Crippen LogP contribution in [0.5, 0.6) is 0 Å². The number of hydrazine groups is 1. The van der Waals surface area contributed by atoms with Crippen LogP contribution in [0.2, 0.25) is 0 Å². The first-order chi connectivity index (χ1) is 14.3. The maximum atomic E-state index is 10.7. The second kappa shape index (κ2) is 18.6. The van der Waals surface area contributed by atoms with Crippen LogP contribution in [0.1, 0.15) is 115 Å². The number of nitrogens with zero attached hydrogens (tertiary/aromatic N) is 1. The Balaban J connectivity index is 1.87. The fourth-order valence-corrected chi connectivity index (χ4v) is 3.81. The number of hydrogen-bond acceptors (Lipinski definition) is 3. The van der Waals surface area contributed by atoms with Gasteiger partial charge in [-0.3, -0.25) is 0 Å². The van der Waals surface area contributed by atoms with Crippen molar-refractivity contribution in [3.8, 4) is 0 Å². The van der Waals surface area contributed by atoms with Crippen molar-refractivity contribution in [3.05, 3.63) is 34.7 Å². The van der Waals surface area contributed by atoms with Crippen molar-refractivity contribution in [1.82, 2.24) is 0 Å². The van der Waals surface area contributed by atoms with Crippen LogP contribution in [0.25, 0.3) is 0 Å². The van der Waals surface area contributed by atoms with Gasteiger partial charge in [0.1, 0.15) is 11.0 Å². The van der Waals surface area contributed by atoms with Gasteiger partial charge in [0.25, 0.3) is 0 Å². The summed E-state index contributed by atoms with van der Waals surface area (Å²) in [5.74, 6) is 5.02. The van der Waals surface area contributed by atoms with E-state index in [0.717, 1.165) is 11.6 Å². The Bertz CT molecular complexity index is 493. The molecule has 1 aromatic rings. The lowest BCUT2D eigenvalue weighted by Gasteiger charge is -2.06. The third-order valence-electron chi connectivity index (χ3n) is 5.68. The topological polar surface area (TPSA) is 69.5 Å². The molecule has 0 saturated heterocycles. The van der Waals surface area contributed by atoms with Gasteiger partial charge in [0.05, 0.1) is 4.91 Å². The van der Waals surface area contributed by atoms with Gasteiger partial charge in [0.2, 0.25) is 0 Å². The summed E-state index contributed by atoms with van der Waals surface area (Å²) in [6.45, 7) is 2.28. The van der Waals surface area contributed by atoms with Crippen LogP contribution in [0.3, 0.4) is 0 Å². The molecule has 0 aliphatic heterocycles. The molecule has 0 heterocycles. The lowest BCUT2D eigenvalue weighted by atomic mass is 10.0. The zero-order valence-corrected chi connectivity index (χ0v) is 18.7. The molecule has 5 heteroatoms. The van der Waals surface area contributed by atoms with Gasteiger partial charge in [0.15, 0.2) is 0 Å². The van der Waals surface area contributed by atoms with Gasteiger partial charge in [-0.15, -0.1) is 4.94 Å². The minimum Gasteiger partial charge on any atom is -0.184 e. The summed E-state index contributed by atoms with van der Waals surface area (Å²) in [7, 11) is 0. The predicted molar refractivity (Wildman–Crippen MR) is 122 cm³/mol. The number of nitroso groups, excluding NO2 is 1. The van der Waals surface area contributed by atoms with E-state index in [1.165, 1.54) is 108 Å². The molecule has 0 amide bonds. The van der Waals surface area contributed by atoms with E-state index in [0.29, 0.717) is 5.69 Å². The van der Waals surface area contributed by atoms with Crippen LogP contribution in [-0.2, 0) is 11.4 Å². The number of benzene rings is 1. The van der Waals surface area contributed by atoms with E-state index in [1.807, 2.05) is 24.3 Å². The number of rotatable bonds is 20. The van der Waals surface area contributed by atoms with Crippen molar-refractivity contribution in [2.75, 3.05) is 5.17 Å². The Kier molecular flexibility index (Phi) is 16.4. The fourth-order valence-electron chi connectivity index (χ4n) is 3.81. The molecular weight excluding hydrogens is 362 g/mol. The van der Waals surface area contributed by atoms with Crippen molar-refractivity contribution in [2.45, 2.75) is 116 Å². The number of unbranched alkanes of at least 4 members (excludes halogenated alkanes) is 15. The largest absolute Gasteiger partial charge is 0.184 e. The van der Waals surface area contributed by atoms with E-state index < -0.39 is 0 Å². The normalized spacial score (nSPS) is 11.0. The van der Waals surface area contributed by atoms with Crippen LogP contribution in [0, 0.1) is 4.91 Å². The molecule has 1 aromatic carbocycles. The second-order valence-electron chi connectivity index (χ2n) is 8.21. The zero-order valence-electron chi connectivity index (χ0n) is 18.7. The number of anilines is 1. The standard InChI is InChI=1S/C24H43N3O2/c1-2-3-4-5-6-7-8-9-10-11-12-13-14-15-16-17-18-23-19-21-24(22-20-23)27(26-28)29-25/h19-22H,2-18,25H2,1H3/p+1. The Labute approximate surface area is 178 Å². The molecule has 0 aromatic heterocycles. The van der Waals surface area contributed by atoms with E-state index >= 15 is 0 Å². The van der Waals surface area contributed by atoms with Crippen molar-refractivity contribution in [3.63, 3.8) is 0 Å². The van der Waals surface area contributed by atoms with Gasteiger partial charge in [-0.25, -0.2) is 0 Å². The summed E-state index contributed by atoms with van der Waals surface area (Å²) in [5, 5.41) is 2.51. The molecule has 0 atom stereocenters. The van der Waals surface area contributed by atoms with Crippen LogP contribution >= 0.6 is 0 Å². The van der Waals surface area contributed by atoms with Gasteiger partial charge in [-0.05, 0) is 30.5 Å². The first-order valence-corrected chi connectivity index (χ1v) is 12.0. The van der Waals surface area contributed by atoms with E-state index in [1.54, 1.807) is 5.29 Å². The molecular formula is C24H44N3O2+. The minimum absolute atomic E-state index is 0.596. The summed E-state index contributed by atoms with van der Waals surface area (Å²) in [6, 6.07) is 7.70. The number of aryl methyl sites for hydroxylation is 1. The molecule has 1 rings (SSSR count). The van der Waals surface area contributed by atoms with E-state index in [9.17, 15) is 4.91 Å². The lowest BCUT2D eigenvalue weighted by Crippen LogP contribution is -2.79. The molecule has 0 bridgehead atoms. The van der Waals surface area contributed by atoms with Crippen molar-refractivity contribution >= 4 is 5.69 Å². The highest BCUT2D eigenvalue weighted by atomic mass is 16.8. The molecule has 0 spiro atoms. The third kappa shape index (κ3) is 13.4. The van der Waals surface area contributed by atoms with E-state index in [2.05, 4.69) is 11.9 Å². The Morgan fingerprint density at radius 3 is 1.52 bits per heavy atom. The van der Waals surface area contributed by atoms with Crippen molar-refractivity contribution in [1.29, 1.82) is 0 Å². The van der Waals surface area contributed by atoms with E-state index in [-0.39, 0.29) is 0 Å². The monoisotopic (exact) mass is 406 g/mol. The number of nitrogens with two attached hydrogens (primary N) is 1. The Hall–Kier alpha value is -1.46. The highest BCUT2D eigenvalue weighted by Gasteiger charge is 2.10. The van der Waals surface area contributed by atoms with Gasteiger partial charge in [0, 0.05) is 5.17 Å². The summed E-state index contributed by atoms with van der Waals surface area (Å²) >= 11 is 0. The molecule has 3 N–H and O–H groups in total. The van der Waals surface area contributed by atoms with Crippen molar-refractivity contribution in [2.24, 2.45) is 5.90 Å². The summed E-state index contributed by atoms with van der Waals surface area (Å²) in [6.07, 6.45) is 23.4. The average molecular weight is 407 g/mol. The Morgan fingerprint density at radius 1 is 0.724 bits per heavy atom. The van der Waals surface area contributed by atoms with Gasteiger partial charge >= 0.3 is 0 Å². The Morgan fingerprint density at radius 2 is 1.14 bits per heavy atom. The SMILES string of the molecule is CCCCCCCCCCCCCCCCCCc1ccc(N([NH+]=O)ON)cc1. The molecule has 0 aliphatic rings. The first kappa shape index (κ1) is 25.6. The molecule has 0 unspecified atom stereocenters. The highest BCUT2D eigenvalue weighted by Crippen LogP contribution is 2.16. The molecule has 0 aliphatic carbocycles. The predicted octanol–water partition coefficient (Wildman–Crippen LogP) is 5.86. The van der Waals surface area contributed by atoms with E-state index in [4.69, 9.17) is 5.90 Å². The molecule has 0 fully saturated rings. The fraction of sp³-hybridized carbons (Fsp3) is 0.750. The third-order valence-corrected chi connectivity index (χ3v) is 5.68. The molecule has 0 saturated carbocycles. The first-order valence-electron chi connectivity index (χ1n) is 12.0. The zero-order chi connectivity index (χ0) is 21.0. The quantitative estimate of drug-likeness (QED) is 0.210. The number of nitrogens with one attached hydrogen (secondary N) is 1. The molecule has 5 nitrogen and oxygen atoms in total. The lowest BCUT2D eigenvalue weighted by molar-refractivity contribution is -0.551. The maximum Gasteiger partial charge on any atom is 0.138 e. The van der Waals surface area contributed by atoms with Crippen molar-refractivity contribution < 1.29 is 10.2 Å². The molecule has 29 heavy (non-hydrogen) atoms. The smallest absolute Gasteiger partial charge is 0.138 e. The van der Waals surface area contributed by atoms with Gasteiger partial charge in [-0.2, -0.15) is 5.90 Å². The van der Waals surface area contributed by atoms with Crippen LogP contribution < -0.4 is 16.4 Å². The van der Waals surface area contributed by atoms with Crippen LogP contribution in [-0.4, -0.2) is 0 Å². The van der Waals surface area contributed by atoms with Crippen LogP contribution in [0.15, 0.2) is 24.3 Å². The minimum atomic E-state index is 0.596. The number of hydrogen-bond donors (Lipinski definition) is 2. The summed E-state index contributed by atoms with van der Waals surface area (Å²) < 4.78 is 0. The summed E-state index contributed by atoms with van der Waals surface area (Å²) in [5.41, 5.74) is 1.88. The van der Waals surface area contributed by atoms with Gasteiger partial charge in [-0.1, -0.05) is 115 Å².